The Morgan fingerprint density at radius 2 is 2.24 bits per heavy atom. The number of carbonyl (C=O) groups excluding carboxylic acids is 1. The van der Waals surface area contributed by atoms with Gasteiger partial charge in [0.15, 0.2) is 5.82 Å². The maximum atomic E-state index is 12.3. The predicted molar refractivity (Wildman–Crippen MR) is 92.1 cm³/mol. The van der Waals surface area contributed by atoms with Crippen molar-refractivity contribution < 1.29 is 4.79 Å². The first-order valence-corrected chi connectivity index (χ1v) is 8.88. The van der Waals surface area contributed by atoms with Gasteiger partial charge in [0.05, 0.1) is 0 Å². The van der Waals surface area contributed by atoms with Crippen LogP contribution >= 0.6 is 0 Å². The molecule has 0 bridgehead atoms. The number of hydrogen-bond donors (Lipinski definition) is 2. The van der Waals surface area contributed by atoms with E-state index in [-0.39, 0.29) is 12.1 Å². The molecule has 0 saturated carbocycles. The number of rotatable bonds is 4. The summed E-state index contributed by atoms with van der Waals surface area (Å²) in [6.07, 6.45) is 9.53. The lowest BCUT2D eigenvalue weighted by molar-refractivity contribution is 0.179. The van der Waals surface area contributed by atoms with Gasteiger partial charge >= 0.3 is 6.03 Å². The lowest BCUT2D eigenvalue weighted by Crippen LogP contribution is -2.49. The Labute approximate surface area is 146 Å². The fourth-order valence-corrected chi connectivity index (χ4v) is 3.90. The SMILES string of the molecule is O=C(NCc1cccnc1-n1cncn1)N[C@@H]1CCN2CCCC[C@H]12. The minimum Gasteiger partial charge on any atom is -0.334 e. The van der Waals surface area contributed by atoms with E-state index in [4.69, 9.17) is 0 Å². The van der Waals surface area contributed by atoms with E-state index in [1.54, 1.807) is 17.2 Å². The minimum absolute atomic E-state index is 0.120. The molecule has 0 unspecified atom stereocenters. The monoisotopic (exact) mass is 341 g/mol. The van der Waals surface area contributed by atoms with Gasteiger partial charge in [-0.25, -0.2) is 19.4 Å². The first kappa shape index (κ1) is 16.0. The van der Waals surface area contributed by atoms with Gasteiger partial charge in [0.1, 0.15) is 12.7 Å². The Bertz CT molecular complexity index is 718. The fourth-order valence-electron chi connectivity index (χ4n) is 3.90. The van der Waals surface area contributed by atoms with E-state index >= 15 is 0 Å². The van der Waals surface area contributed by atoms with Gasteiger partial charge in [-0.3, -0.25) is 4.90 Å². The third-order valence-corrected chi connectivity index (χ3v) is 5.12. The van der Waals surface area contributed by atoms with Gasteiger partial charge in [0.25, 0.3) is 0 Å². The molecule has 4 rings (SSSR count). The number of nitrogens with zero attached hydrogens (tertiary/aromatic N) is 5. The number of piperidine rings is 1. The molecule has 2 aliphatic rings. The van der Waals surface area contributed by atoms with Crippen LogP contribution in [0.3, 0.4) is 0 Å². The van der Waals surface area contributed by atoms with Crippen molar-refractivity contribution in [2.24, 2.45) is 0 Å². The summed E-state index contributed by atoms with van der Waals surface area (Å²) in [5.41, 5.74) is 0.897. The number of nitrogens with one attached hydrogen (secondary N) is 2. The van der Waals surface area contributed by atoms with Gasteiger partial charge in [-0.05, 0) is 31.9 Å². The summed E-state index contributed by atoms with van der Waals surface area (Å²) in [6, 6.07) is 4.42. The Morgan fingerprint density at radius 1 is 1.28 bits per heavy atom. The van der Waals surface area contributed by atoms with E-state index in [1.165, 1.54) is 32.1 Å². The van der Waals surface area contributed by atoms with E-state index in [0.29, 0.717) is 18.4 Å². The summed E-state index contributed by atoms with van der Waals surface area (Å²) in [5, 5.41) is 10.2. The second-order valence-corrected chi connectivity index (χ2v) is 6.65. The molecule has 2 N–H and O–H groups in total. The summed E-state index contributed by atoms with van der Waals surface area (Å²) >= 11 is 0. The number of pyridine rings is 1. The maximum Gasteiger partial charge on any atom is 0.315 e. The molecular formula is C17H23N7O. The van der Waals surface area contributed by atoms with Crippen LogP contribution < -0.4 is 10.6 Å². The minimum atomic E-state index is -0.120. The van der Waals surface area contributed by atoms with E-state index in [9.17, 15) is 4.79 Å². The molecule has 25 heavy (non-hydrogen) atoms. The average Bonchev–Trinajstić information content (AvgIpc) is 3.31. The number of hydrogen-bond acceptors (Lipinski definition) is 5. The molecule has 0 radical (unpaired) electrons. The zero-order valence-corrected chi connectivity index (χ0v) is 14.1. The second-order valence-electron chi connectivity index (χ2n) is 6.65. The Kier molecular flexibility index (Phi) is 4.60. The van der Waals surface area contributed by atoms with E-state index in [0.717, 1.165) is 18.5 Å². The summed E-state index contributed by atoms with van der Waals surface area (Å²) < 4.78 is 1.60. The second kappa shape index (κ2) is 7.18. The lowest BCUT2D eigenvalue weighted by Gasteiger charge is -2.32. The summed E-state index contributed by atoms with van der Waals surface area (Å²) in [6.45, 7) is 2.66. The van der Waals surface area contributed by atoms with Crippen molar-refractivity contribution in [3.63, 3.8) is 0 Å². The van der Waals surface area contributed by atoms with Gasteiger partial charge < -0.3 is 10.6 Å². The standard InChI is InChI=1S/C17H23N7O/c25-17(22-14-6-9-23-8-2-1-5-15(14)23)20-10-13-4-3-7-19-16(13)24-12-18-11-21-24/h3-4,7,11-12,14-15H,1-2,5-6,8-10H2,(H2,20,22,25)/t14-,15-/m1/s1. The largest absolute Gasteiger partial charge is 0.334 e. The topological polar surface area (TPSA) is 88.0 Å². The highest BCUT2D eigenvalue weighted by molar-refractivity contribution is 5.74. The van der Waals surface area contributed by atoms with Gasteiger partial charge in [-0.15, -0.1) is 0 Å². The average molecular weight is 341 g/mol. The van der Waals surface area contributed by atoms with Gasteiger partial charge in [-0.2, -0.15) is 5.10 Å². The predicted octanol–water partition coefficient (Wildman–Crippen LogP) is 1.09. The Balaban J connectivity index is 1.35. The van der Waals surface area contributed by atoms with Crippen molar-refractivity contribution in [1.82, 2.24) is 35.3 Å². The molecule has 0 aromatic carbocycles. The lowest BCUT2D eigenvalue weighted by atomic mass is 9.99. The van der Waals surface area contributed by atoms with Crippen LogP contribution in [-0.4, -0.2) is 55.9 Å². The van der Waals surface area contributed by atoms with Gasteiger partial charge in [0.2, 0.25) is 0 Å². The molecule has 2 fully saturated rings. The molecule has 4 heterocycles. The number of carbonyl (C=O) groups is 1. The third kappa shape index (κ3) is 3.48. The van der Waals surface area contributed by atoms with Crippen LogP contribution in [0.1, 0.15) is 31.2 Å². The molecular weight excluding hydrogens is 318 g/mol. The molecule has 132 valence electrons. The summed E-state index contributed by atoms with van der Waals surface area (Å²) in [7, 11) is 0. The van der Waals surface area contributed by atoms with E-state index in [1.807, 2.05) is 12.1 Å². The molecule has 2 saturated heterocycles. The van der Waals surface area contributed by atoms with E-state index in [2.05, 4.69) is 30.6 Å². The number of amides is 2. The number of fused-ring (bicyclic) bond motifs is 1. The molecule has 2 amide bonds. The van der Waals surface area contributed by atoms with Crippen molar-refractivity contribution in [1.29, 1.82) is 0 Å². The van der Waals surface area contributed by atoms with Crippen LogP contribution in [0.15, 0.2) is 31.0 Å². The zero-order chi connectivity index (χ0) is 17.1. The first-order chi connectivity index (χ1) is 12.3. The van der Waals surface area contributed by atoms with Crippen LogP contribution in [0.25, 0.3) is 5.82 Å². The highest BCUT2D eigenvalue weighted by Gasteiger charge is 2.36. The smallest absolute Gasteiger partial charge is 0.315 e. The summed E-state index contributed by atoms with van der Waals surface area (Å²) in [5.74, 6) is 0.680. The molecule has 0 spiro atoms. The van der Waals surface area contributed by atoms with Crippen LogP contribution in [0.2, 0.25) is 0 Å². The Hall–Kier alpha value is -2.48. The Morgan fingerprint density at radius 3 is 3.12 bits per heavy atom. The highest BCUT2D eigenvalue weighted by atomic mass is 16.2. The van der Waals surface area contributed by atoms with Gasteiger partial charge in [0, 0.05) is 36.9 Å². The first-order valence-electron chi connectivity index (χ1n) is 8.88. The van der Waals surface area contributed by atoms with Crippen LogP contribution in [0.5, 0.6) is 0 Å². The molecule has 2 aromatic heterocycles. The molecule has 8 nitrogen and oxygen atoms in total. The van der Waals surface area contributed by atoms with Crippen LogP contribution in [-0.2, 0) is 6.54 Å². The molecule has 2 atom stereocenters. The van der Waals surface area contributed by atoms with E-state index < -0.39 is 0 Å². The number of aromatic nitrogens is 4. The third-order valence-electron chi connectivity index (χ3n) is 5.12. The van der Waals surface area contributed by atoms with Crippen molar-refractivity contribution in [2.45, 2.75) is 44.3 Å². The normalized spacial score (nSPS) is 23.2. The van der Waals surface area contributed by atoms with Crippen molar-refractivity contribution in [2.75, 3.05) is 13.1 Å². The zero-order valence-electron chi connectivity index (χ0n) is 14.1. The quantitative estimate of drug-likeness (QED) is 0.869. The van der Waals surface area contributed by atoms with Crippen molar-refractivity contribution in [3.8, 4) is 5.82 Å². The highest BCUT2D eigenvalue weighted by Crippen LogP contribution is 2.27. The van der Waals surface area contributed by atoms with Crippen molar-refractivity contribution >= 4 is 6.03 Å². The molecule has 0 aliphatic carbocycles. The van der Waals surface area contributed by atoms with Crippen LogP contribution in [0, 0.1) is 0 Å². The fraction of sp³-hybridized carbons (Fsp3) is 0.529. The molecule has 8 heteroatoms. The summed E-state index contributed by atoms with van der Waals surface area (Å²) in [4.78, 5) is 23.1. The molecule has 2 aromatic rings. The van der Waals surface area contributed by atoms with Crippen molar-refractivity contribution in [3.05, 3.63) is 36.5 Å². The maximum absolute atomic E-state index is 12.3. The van der Waals surface area contributed by atoms with Gasteiger partial charge in [-0.1, -0.05) is 12.5 Å². The molecule has 2 aliphatic heterocycles. The van der Waals surface area contributed by atoms with Crippen LogP contribution in [0.4, 0.5) is 4.79 Å². The number of urea groups is 1.